The summed E-state index contributed by atoms with van der Waals surface area (Å²) in [6.45, 7) is 0. The Balaban J connectivity index is 2.73. The van der Waals surface area contributed by atoms with Crippen LogP contribution in [-0.4, -0.2) is 18.8 Å². The van der Waals surface area contributed by atoms with Crippen molar-refractivity contribution >= 4 is 39.1 Å². The first kappa shape index (κ1) is 11.5. The number of alkyl halides is 1. The second kappa shape index (κ2) is 5.37. The molecular weight excluding hydrogens is 265 g/mol. The molecule has 0 radical (unpaired) electrons. The molecule has 4 heteroatoms. The molecule has 14 heavy (non-hydrogen) atoms. The van der Waals surface area contributed by atoms with Gasteiger partial charge in [-0.15, -0.1) is 11.6 Å². The van der Waals surface area contributed by atoms with Gasteiger partial charge in [0.2, 0.25) is 5.91 Å². The lowest BCUT2D eigenvalue weighted by Gasteiger charge is -2.16. The van der Waals surface area contributed by atoms with Crippen molar-refractivity contribution in [3.05, 3.63) is 28.7 Å². The highest BCUT2D eigenvalue weighted by atomic mass is 79.9. The quantitative estimate of drug-likeness (QED) is 0.777. The van der Waals surface area contributed by atoms with E-state index in [0.717, 1.165) is 10.2 Å². The zero-order chi connectivity index (χ0) is 10.6. The first-order valence-corrected chi connectivity index (χ1v) is 5.56. The lowest BCUT2D eigenvalue weighted by molar-refractivity contribution is -0.117. The Morgan fingerprint density at radius 3 is 2.50 bits per heavy atom. The van der Waals surface area contributed by atoms with Crippen LogP contribution in [0.15, 0.2) is 28.7 Å². The average molecular weight is 277 g/mol. The molecule has 0 unspecified atom stereocenters. The highest BCUT2D eigenvalue weighted by Crippen LogP contribution is 2.17. The number of carbonyl (C=O) groups excluding carboxylic acids is 1. The van der Waals surface area contributed by atoms with Crippen molar-refractivity contribution in [2.75, 3.05) is 17.8 Å². The van der Waals surface area contributed by atoms with E-state index in [1.165, 1.54) is 0 Å². The Hall–Kier alpha value is -0.540. The van der Waals surface area contributed by atoms with E-state index < -0.39 is 0 Å². The Morgan fingerprint density at radius 2 is 2.00 bits per heavy atom. The van der Waals surface area contributed by atoms with Crippen molar-refractivity contribution in [1.29, 1.82) is 0 Å². The highest BCUT2D eigenvalue weighted by Gasteiger charge is 2.09. The second-order valence-electron chi connectivity index (χ2n) is 2.87. The molecule has 0 spiro atoms. The predicted octanol–water partition coefficient (Wildman–Crippen LogP) is 3.04. The summed E-state index contributed by atoms with van der Waals surface area (Å²) in [5.41, 5.74) is 0.878. The van der Waals surface area contributed by atoms with Crippen LogP contribution in [0.5, 0.6) is 0 Å². The molecule has 1 aromatic carbocycles. The lowest BCUT2D eigenvalue weighted by atomic mass is 10.3. The number of benzene rings is 1. The van der Waals surface area contributed by atoms with Crippen LogP contribution in [0.25, 0.3) is 0 Å². The van der Waals surface area contributed by atoms with Gasteiger partial charge >= 0.3 is 0 Å². The van der Waals surface area contributed by atoms with Crippen LogP contribution in [0.4, 0.5) is 5.69 Å². The van der Waals surface area contributed by atoms with Crippen LogP contribution >= 0.6 is 27.5 Å². The predicted molar refractivity (Wildman–Crippen MR) is 62.9 cm³/mol. The summed E-state index contributed by atoms with van der Waals surface area (Å²) >= 11 is 8.84. The van der Waals surface area contributed by atoms with E-state index in [1.807, 2.05) is 24.3 Å². The van der Waals surface area contributed by atoms with Crippen LogP contribution < -0.4 is 4.90 Å². The van der Waals surface area contributed by atoms with Crippen molar-refractivity contribution in [1.82, 2.24) is 0 Å². The molecule has 0 bridgehead atoms. The number of halogens is 2. The molecule has 0 aliphatic heterocycles. The van der Waals surface area contributed by atoms with Gasteiger partial charge in [-0.3, -0.25) is 4.79 Å². The third kappa shape index (κ3) is 3.00. The average Bonchev–Trinajstić information content (AvgIpc) is 2.18. The van der Waals surface area contributed by atoms with Gasteiger partial charge in [0.15, 0.2) is 0 Å². The Labute approximate surface area is 97.0 Å². The van der Waals surface area contributed by atoms with E-state index in [2.05, 4.69) is 15.9 Å². The van der Waals surface area contributed by atoms with Crippen molar-refractivity contribution in [3.8, 4) is 0 Å². The number of amides is 1. The van der Waals surface area contributed by atoms with E-state index in [4.69, 9.17) is 11.6 Å². The molecule has 76 valence electrons. The minimum absolute atomic E-state index is 0.0299. The monoisotopic (exact) mass is 275 g/mol. The molecule has 1 amide bonds. The van der Waals surface area contributed by atoms with E-state index in [1.54, 1.807) is 11.9 Å². The number of rotatable bonds is 3. The smallest absolute Gasteiger partial charge is 0.227 e. The van der Waals surface area contributed by atoms with Gasteiger partial charge in [0.25, 0.3) is 0 Å². The van der Waals surface area contributed by atoms with Crippen LogP contribution in [0.1, 0.15) is 6.42 Å². The van der Waals surface area contributed by atoms with Gasteiger partial charge in [-0.25, -0.2) is 0 Å². The van der Waals surface area contributed by atoms with E-state index in [-0.39, 0.29) is 5.91 Å². The molecule has 0 atom stereocenters. The summed E-state index contributed by atoms with van der Waals surface area (Å²) in [7, 11) is 1.75. The molecule has 0 aliphatic rings. The van der Waals surface area contributed by atoms with E-state index in [9.17, 15) is 4.79 Å². The molecule has 0 saturated heterocycles. The summed E-state index contributed by atoms with van der Waals surface area (Å²) in [5.74, 6) is 0.391. The maximum atomic E-state index is 11.5. The van der Waals surface area contributed by atoms with Gasteiger partial charge in [-0.05, 0) is 24.3 Å². The Bertz CT molecular complexity index is 312. The van der Waals surface area contributed by atoms with Gasteiger partial charge in [-0.1, -0.05) is 15.9 Å². The molecule has 1 aromatic rings. The molecule has 2 nitrogen and oxygen atoms in total. The molecule has 0 aliphatic carbocycles. The minimum Gasteiger partial charge on any atom is -0.315 e. The number of hydrogen-bond donors (Lipinski definition) is 0. The van der Waals surface area contributed by atoms with Crippen molar-refractivity contribution < 1.29 is 4.79 Å². The van der Waals surface area contributed by atoms with Crippen LogP contribution in [-0.2, 0) is 4.79 Å². The summed E-state index contributed by atoms with van der Waals surface area (Å²) < 4.78 is 0.999. The Kier molecular flexibility index (Phi) is 4.42. The lowest BCUT2D eigenvalue weighted by Crippen LogP contribution is -2.26. The fraction of sp³-hybridized carbons (Fsp3) is 0.300. The molecule has 0 N–H and O–H groups in total. The number of carbonyl (C=O) groups is 1. The third-order valence-corrected chi connectivity index (χ3v) is 2.61. The first-order chi connectivity index (χ1) is 6.65. The first-order valence-electron chi connectivity index (χ1n) is 4.23. The third-order valence-electron chi connectivity index (χ3n) is 1.90. The van der Waals surface area contributed by atoms with E-state index in [0.29, 0.717) is 12.3 Å². The molecule has 0 saturated carbocycles. The van der Waals surface area contributed by atoms with Gasteiger partial charge in [0.1, 0.15) is 0 Å². The largest absolute Gasteiger partial charge is 0.315 e. The maximum absolute atomic E-state index is 11.5. The van der Waals surface area contributed by atoms with Gasteiger partial charge < -0.3 is 4.90 Å². The van der Waals surface area contributed by atoms with Crippen molar-refractivity contribution in [2.24, 2.45) is 0 Å². The molecule has 1 rings (SSSR count). The maximum Gasteiger partial charge on any atom is 0.227 e. The van der Waals surface area contributed by atoms with Crippen LogP contribution in [0, 0.1) is 0 Å². The van der Waals surface area contributed by atoms with Gasteiger partial charge in [0.05, 0.1) is 0 Å². The summed E-state index contributed by atoms with van der Waals surface area (Å²) in [5, 5.41) is 0. The molecule has 0 fully saturated rings. The van der Waals surface area contributed by atoms with Crippen LogP contribution in [0.2, 0.25) is 0 Å². The fourth-order valence-corrected chi connectivity index (χ4v) is 1.48. The number of anilines is 1. The molecule has 0 heterocycles. The van der Waals surface area contributed by atoms with Gasteiger partial charge in [0, 0.05) is 29.5 Å². The van der Waals surface area contributed by atoms with Gasteiger partial charge in [-0.2, -0.15) is 0 Å². The Morgan fingerprint density at radius 1 is 1.43 bits per heavy atom. The summed E-state index contributed by atoms with van der Waals surface area (Å²) in [6, 6.07) is 7.58. The zero-order valence-electron chi connectivity index (χ0n) is 7.84. The fourth-order valence-electron chi connectivity index (χ4n) is 1.06. The number of hydrogen-bond acceptors (Lipinski definition) is 1. The minimum atomic E-state index is 0.0299. The SMILES string of the molecule is CN(C(=O)CCCl)c1ccc(Br)cc1. The molecular formula is C10H11BrClNO. The normalized spacial score (nSPS) is 9.93. The highest BCUT2D eigenvalue weighted by molar-refractivity contribution is 9.10. The summed E-state index contributed by atoms with van der Waals surface area (Å²) in [6.07, 6.45) is 0.369. The topological polar surface area (TPSA) is 20.3 Å². The summed E-state index contributed by atoms with van der Waals surface area (Å²) in [4.78, 5) is 13.1. The number of nitrogens with zero attached hydrogens (tertiary/aromatic N) is 1. The van der Waals surface area contributed by atoms with Crippen molar-refractivity contribution in [2.45, 2.75) is 6.42 Å². The van der Waals surface area contributed by atoms with Crippen LogP contribution in [0.3, 0.4) is 0 Å². The standard InChI is InChI=1S/C10H11BrClNO/c1-13(10(14)6-7-12)9-4-2-8(11)3-5-9/h2-5H,6-7H2,1H3. The molecule has 0 aromatic heterocycles. The van der Waals surface area contributed by atoms with Crippen molar-refractivity contribution in [3.63, 3.8) is 0 Å². The second-order valence-corrected chi connectivity index (χ2v) is 4.16. The zero-order valence-corrected chi connectivity index (χ0v) is 10.2. The van der Waals surface area contributed by atoms with E-state index >= 15 is 0 Å².